The highest BCUT2D eigenvalue weighted by molar-refractivity contribution is 5.84. The van der Waals surface area contributed by atoms with Gasteiger partial charge in [-0.25, -0.2) is 9.78 Å². The molecule has 0 fully saturated rings. The summed E-state index contributed by atoms with van der Waals surface area (Å²) in [6.07, 6.45) is 0. The molecule has 1 unspecified atom stereocenters. The average Bonchev–Trinajstić information content (AvgIpc) is 2.93. The zero-order valence-corrected chi connectivity index (χ0v) is 12.4. The van der Waals surface area contributed by atoms with Gasteiger partial charge < -0.3 is 14.4 Å². The molecule has 5 heteroatoms. The molecule has 0 radical (unpaired) electrons. The first kappa shape index (κ1) is 14.1. The van der Waals surface area contributed by atoms with Gasteiger partial charge in [-0.3, -0.25) is 0 Å². The van der Waals surface area contributed by atoms with Crippen LogP contribution in [0, 0.1) is 0 Å². The largest absolute Gasteiger partial charge is 0.497 e. The Morgan fingerprint density at radius 1 is 1.23 bits per heavy atom. The molecule has 0 aliphatic carbocycles. The van der Waals surface area contributed by atoms with E-state index in [1.165, 1.54) is 0 Å². The lowest BCUT2D eigenvalue weighted by Gasteiger charge is -2.14. The summed E-state index contributed by atoms with van der Waals surface area (Å²) in [4.78, 5) is 16.1. The molecule has 3 rings (SSSR count). The molecule has 1 atom stereocenters. The molecule has 0 bridgehead atoms. The molecule has 1 heterocycles. The number of carbonyl (C=O) groups is 1. The predicted octanol–water partition coefficient (Wildman–Crippen LogP) is 3.36. The van der Waals surface area contributed by atoms with E-state index >= 15 is 0 Å². The minimum absolute atomic E-state index is 0.620. The number of aliphatic carboxylic acids is 1. The number of ether oxygens (including phenoxy) is 1. The third kappa shape index (κ3) is 2.30. The van der Waals surface area contributed by atoms with Crippen LogP contribution in [0.2, 0.25) is 0 Å². The molecule has 0 amide bonds. The third-order valence-corrected chi connectivity index (χ3v) is 3.67. The maximum absolute atomic E-state index is 11.5. The van der Waals surface area contributed by atoms with Crippen molar-refractivity contribution >= 4 is 17.0 Å². The van der Waals surface area contributed by atoms with Crippen molar-refractivity contribution in [2.75, 3.05) is 7.11 Å². The van der Waals surface area contributed by atoms with E-state index < -0.39 is 12.0 Å². The first-order chi connectivity index (χ1) is 10.6. The second-order valence-electron chi connectivity index (χ2n) is 5.04. The smallest absolute Gasteiger partial charge is 0.326 e. The molecule has 5 nitrogen and oxygen atoms in total. The van der Waals surface area contributed by atoms with Gasteiger partial charge in [-0.2, -0.15) is 0 Å². The average molecular weight is 296 g/mol. The normalized spacial score (nSPS) is 12.3. The maximum atomic E-state index is 11.5. The van der Waals surface area contributed by atoms with Crippen molar-refractivity contribution in [1.29, 1.82) is 0 Å². The lowest BCUT2D eigenvalue weighted by atomic mass is 10.2. The second kappa shape index (κ2) is 5.52. The maximum Gasteiger partial charge on any atom is 0.326 e. The van der Waals surface area contributed by atoms with Crippen LogP contribution < -0.4 is 4.74 Å². The van der Waals surface area contributed by atoms with Gasteiger partial charge in [0.1, 0.15) is 17.6 Å². The van der Waals surface area contributed by atoms with Crippen molar-refractivity contribution in [3.05, 3.63) is 48.5 Å². The van der Waals surface area contributed by atoms with Gasteiger partial charge in [-0.15, -0.1) is 0 Å². The number of carboxylic acid groups (broad SMARTS) is 1. The predicted molar refractivity (Wildman–Crippen MR) is 84.1 cm³/mol. The Balaban J connectivity index is 2.28. The molecule has 0 aliphatic heterocycles. The summed E-state index contributed by atoms with van der Waals surface area (Å²) in [5.74, 6) is 0.432. The second-order valence-corrected chi connectivity index (χ2v) is 5.04. The van der Waals surface area contributed by atoms with Gasteiger partial charge in [0, 0.05) is 5.56 Å². The number of methoxy groups -OCH3 is 1. The Kier molecular flexibility index (Phi) is 3.55. The Labute approximate surface area is 127 Å². The number of aromatic nitrogens is 2. The molecule has 0 saturated heterocycles. The molecule has 0 spiro atoms. The van der Waals surface area contributed by atoms with Crippen LogP contribution in [0.5, 0.6) is 5.75 Å². The molecule has 0 saturated carbocycles. The fourth-order valence-corrected chi connectivity index (χ4v) is 2.51. The van der Waals surface area contributed by atoms with Crippen LogP contribution in [-0.4, -0.2) is 27.7 Å². The number of para-hydroxylation sites is 2. The Hall–Kier alpha value is -2.82. The summed E-state index contributed by atoms with van der Waals surface area (Å²) < 4.78 is 6.99. The highest BCUT2D eigenvalue weighted by atomic mass is 16.5. The van der Waals surface area contributed by atoms with Crippen molar-refractivity contribution < 1.29 is 14.6 Å². The minimum Gasteiger partial charge on any atom is -0.497 e. The first-order valence-corrected chi connectivity index (χ1v) is 6.96. The van der Waals surface area contributed by atoms with Gasteiger partial charge in [-0.05, 0) is 31.2 Å². The summed E-state index contributed by atoms with van der Waals surface area (Å²) in [5.41, 5.74) is 2.40. The summed E-state index contributed by atoms with van der Waals surface area (Å²) in [6.45, 7) is 1.65. The van der Waals surface area contributed by atoms with E-state index in [0.29, 0.717) is 11.6 Å². The van der Waals surface area contributed by atoms with Crippen LogP contribution in [0.25, 0.3) is 22.4 Å². The molecular weight excluding hydrogens is 280 g/mol. The SMILES string of the molecule is COc1cccc(-c2nc3ccccc3n2C(C)C(=O)O)c1. The number of fused-ring (bicyclic) bond motifs is 1. The van der Waals surface area contributed by atoms with Crippen LogP contribution >= 0.6 is 0 Å². The molecular formula is C17H16N2O3. The number of benzene rings is 2. The van der Waals surface area contributed by atoms with Gasteiger partial charge in [-0.1, -0.05) is 24.3 Å². The van der Waals surface area contributed by atoms with Crippen molar-refractivity contribution in [1.82, 2.24) is 9.55 Å². The van der Waals surface area contributed by atoms with Crippen LogP contribution in [0.3, 0.4) is 0 Å². The fourth-order valence-electron chi connectivity index (χ4n) is 2.51. The monoisotopic (exact) mass is 296 g/mol. The standard InChI is InChI=1S/C17H16N2O3/c1-11(17(20)21)19-15-9-4-3-8-14(15)18-16(19)12-6-5-7-13(10-12)22-2/h3-11H,1-2H3,(H,20,21). The van der Waals surface area contributed by atoms with Gasteiger partial charge in [0.05, 0.1) is 18.1 Å². The molecule has 2 aromatic carbocycles. The fraction of sp³-hybridized carbons (Fsp3) is 0.176. The lowest BCUT2D eigenvalue weighted by Crippen LogP contribution is -2.16. The van der Waals surface area contributed by atoms with E-state index in [9.17, 15) is 9.90 Å². The van der Waals surface area contributed by atoms with Gasteiger partial charge in [0.2, 0.25) is 0 Å². The van der Waals surface area contributed by atoms with E-state index in [-0.39, 0.29) is 0 Å². The van der Waals surface area contributed by atoms with Crippen molar-refractivity contribution in [3.63, 3.8) is 0 Å². The zero-order chi connectivity index (χ0) is 15.7. The van der Waals surface area contributed by atoms with Crippen molar-refractivity contribution in [2.45, 2.75) is 13.0 Å². The molecule has 112 valence electrons. The quantitative estimate of drug-likeness (QED) is 0.802. The molecule has 1 N–H and O–H groups in total. The van der Waals surface area contributed by atoms with Gasteiger partial charge in [0.15, 0.2) is 0 Å². The number of carboxylic acids is 1. The first-order valence-electron chi connectivity index (χ1n) is 6.96. The minimum atomic E-state index is -0.896. The van der Waals surface area contributed by atoms with Gasteiger partial charge in [0.25, 0.3) is 0 Å². The van der Waals surface area contributed by atoms with E-state index in [2.05, 4.69) is 4.98 Å². The number of hydrogen-bond donors (Lipinski definition) is 1. The lowest BCUT2D eigenvalue weighted by molar-refractivity contribution is -0.140. The zero-order valence-electron chi connectivity index (χ0n) is 12.4. The van der Waals surface area contributed by atoms with Crippen molar-refractivity contribution in [3.8, 4) is 17.1 Å². The van der Waals surface area contributed by atoms with Crippen LogP contribution in [0.1, 0.15) is 13.0 Å². The number of rotatable bonds is 4. The number of imidazole rings is 1. The summed E-state index contributed by atoms with van der Waals surface area (Å²) in [7, 11) is 1.60. The molecule has 3 aromatic rings. The Morgan fingerprint density at radius 3 is 2.73 bits per heavy atom. The van der Waals surface area contributed by atoms with Crippen molar-refractivity contribution in [2.24, 2.45) is 0 Å². The summed E-state index contributed by atoms with van der Waals surface area (Å²) >= 11 is 0. The van der Waals surface area contributed by atoms with Crippen LogP contribution in [-0.2, 0) is 4.79 Å². The summed E-state index contributed by atoms with van der Waals surface area (Å²) in [6, 6.07) is 14.3. The molecule has 0 aliphatic rings. The number of hydrogen-bond acceptors (Lipinski definition) is 3. The molecule has 1 aromatic heterocycles. The Bertz CT molecular complexity index is 839. The van der Waals surface area contributed by atoms with Crippen LogP contribution in [0.15, 0.2) is 48.5 Å². The van der Waals surface area contributed by atoms with E-state index in [1.54, 1.807) is 18.6 Å². The van der Waals surface area contributed by atoms with E-state index in [1.807, 2.05) is 48.5 Å². The summed E-state index contributed by atoms with van der Waals surface area (Å²) in [5, 5.41) is 9.41. The highest BCUT2D eigenvalue weighted by Crippen LogP contribution is 2.30. The van der Waals surface area contributed by atoms with E-state index in [0.717, 1.165) is 16.6 Å². The Morgan fingerprint density at radius 2 is 2.00 bits per heavy atom. The van der Waals surface area contributed by atoms with E-state index in [4.69, 9.17) is 4.74 Å². The third-order valence-electron chi connectivity index (χ3n) is 3.67. The number of nitrogens with zero attached hydrogens (tertiary/aromatic N) is 2. The molecule has 22 heavy (non-hydrogen) atoms. The topological polar surface area (TPSA) is 64.4 Å². The highest BCUT2D eigenvalue weighted by Gasteiger charge is 2.21. The van der Waals surface area contributed by atoms with Gasteiger partial charge >= 0.3 is 5.97 Å². The van der Waals surface area contributed by atoms with Crippen LogP contribution in [0.4, 0.5) is 0 Å².